The zero-order chi connectivity index (χ0) is 14.1. The van der Waals surface area contributed by atoms with Crippen LogP contribution in [0.2, 0.25) is 0 Å². The number of carbonyl (C=O) groups is 1. The molecule has 3 aromatic rings. The van der Waals surface area contributed by atoms with E-state index in [9.17, 15) is 4.79 Å². The molecule has 3 rings (SSSR count). The van der Waals surface area contributed by atoms with Gasteiger partial charge in [0.1, 0.15) is 0 Å². The third-order valence-corrected chi connectivity index (χ3v) is 5.17. The Morgan fingerprint density at radius 1 is 1.10 bits per heavy atom. The Bertz CT molecular complexity index is 799. The average molecular weight is 458 g/mol. The molecule has 1 aromatic heterocycles. The Morgan fingerprint density at radius 2 is 1.85 bits per heavy atom. The van der Waals surface area contributed by atoms with Crippen LogP contribution < -0.4 is 5.32 Å². The highest BCUT2D eigenvalue weighted by molar-refractivity contribution is 14.1. The fourth-order valence-corrected chi connectivity index (χ4v) is 3.63. The van der Waals surface area contributed by atoms with Gasteiger partial charge in [-0.3, -0.25) is 4.79 Å². The summed E-state index contributed by atoms with van der Waals surface area (Å²) in [6, 6.07) is 13.9. The van der Waals surface area contributed by atoms with Gasteiger partial charge in [0.05, 0.1) is 8.45 Å². The van der Waals surface area contributed by atoms with Gasteiger partial charge in [-0.2, -0.15) is 0 Å². The number of fused-ring (bicyclic) bond motifs is 1. The minimum atomic E-state index is -0.0689. The Labute approximate surface area is 142 Å². The molecule has 2 nitrogen and oxygen atoms in total. The lowest BCUT2D eigenvalue weighted by atomic mass is 10.1. The van der Waals surface area contributed by atoms with Crippen LogP contribution in [0, 0.1) is 2.88 Å². The second-order valence-corrected chi connectivity index (χ2v) is 8.02. The summed E-state index contributed by atoms with van der Waals surface area (Å²) in [6.07, 6.45) is 0. The van der Waals surface area contributed by atoms with Crippen LogP contribution in [0.1, 0.15) is 10.4 Å². The summed E-state index contributed by atoms with van der Waals surface area (Å²) in [5, 5.41) is 7.05. The molecule has 2 aromatic carbocycles. The normalized spacial score (nSPS) is 10.7. The first-order chi connectivity index (χ1) is 9.61. The summed E-state index contributed by atoms with van der Waals surface area (Å²) < 4.78 is 2.16. The van der Waals surface area contributed by atoms with E-state index in [0.717, 1.165) is 23.8 Å². The van der Waals surface area contributed by atoms with Crippen molar-refractivity contribution in [3.05, 3.63) is 60.8 Å². The van der Waals surface area contributed by atoms with E-state index in [1.54, 1.807) is 11.3 Å². The van der Waals surface area contributed by atoms with E-state index in [2.05, 4.69) is 49.9 Å². The summed E-state index contributed by atoms with van der Waals surface area (Å²) in [7, 11) is 0. The predicted molar refractivity (Wildman–Crippen MR) is 96.6 cm³/mol. The molecule has 0 aliphatic rings. The van der Waals surface area contributed by atoms with Crippen molar-refractivity contribution in [2.75, 3.05) is 5.32 Å². The van der Waals surface area contributed by atoms with E-state index in [-0.39, 0.29) is 5.91 Å². The van der Waals surface area contributed by atoms with Crippen molar-refractivity contribution in [3.8, 4) is 0 Å². The van der Waals surface area contributed by atoms with Crippen molar-refractivity contribution in [2.45, 2.75) is 0 Å². The van der Waals surface area contributed by atoms with Crippen LogP contribution in [0.5, 0.6) is 0 Å². The van der Waals surface area contributed by atoms with Crippen molar-refractivity contribution in [2.24, 2.45) is 0 Å². The molecular weight excluding hydrogens is 449 g/mol. The molecule has 100 valence electrons. The van der Waals surface area contributed by atoms with Crippen molar-refractivity contribution in [3.63, 3.8) is 0 Å². The van der Waals surface area contributed by atoms with Crippen LogP contribution in [0.4, 0.5) is 5.69 Å². The summed E-state index contributed by atoms with van der Waals surface area (Å²) >= 11 is 7.24. The summed E-state index contributed by atoms with van der Waals surface area (Å²) in [5.41, 5.74) is 1.52. The number of hydrogen-bond acceptors (Lipinski definition) is 2. The smallest absolute Gasteiger partial charge is 0.256 e. The molecular formula is C15H9BrINOS. The van der Waals surface area contributed by atoms with E-state index < -0.39 is 0 Å². The first kappa shape index (κ1) is 14.0. The standard InChI is InChI=1S/C15H9BrINOS/c16-12-3-1-10-6-13(4-2-9(10)5-12)18-15(19)11-7-14(17)20-8-11/h1-8H,(H,18,19). The largest absolute Gasteiger partial charge is 0.322 e. The summed E-state index contributed by atoms with van der Waals surface area (Å²) in [6.45, 7) is 0. The van der Waals surface area contributed by atoms with Crippen molar-refractivity contribution >= 4 is 72.2 Å². The van der Waals surface area contributed by atoms with Gasteiger partial charge < -0.3 is 5.32 Å². The molecule has 0 radical (unpaired) electrons. The molecule has 0 aliphatic carbocycles. The van der Waals surface area contributed by atoms with Gasteiger partial charge in [-0.1, -0.05) is 28.1 Å². The number of thiophene rings is 1. The molecule has 0 atom stereocenters. The summed E-state index contributed by atoms with van der Waals surface area (Å²) in [5.74, 6) is -0.0689. The van der Waals surface area contributed by atoms with Gasteiger partial charge in [0.15, 0.2) is 0 Å². The van der Waals surface area contributed by atoms with Gasteiger partial charge in [-0.05, 0) is 63.7 Å². The van der Waals surface area contributed by atoms with Crippen LogP contribution >= 0.6 is 49.9 Å². The second kappa shape index (κ2) is 5.83. The van der Waals surface area contributed by atoms with Crippen molar-refractivity contribution < 1.29 is 4.79 Å². The van der Waals surface area contributed by atoms with Gasteiger partial charge in [-0.15, -0.1) is 11.3 Å². The van der Waals surface area contributed by atoms with Gasteiger partial charge >= 0.3 is 0 Å². The molecule has 20 heavy (non-hydrogen) atoms. The topological polar surface area (TPSA) is 29.1 Å². The number of rotatable bonds is 2. The Morgan fingerprint density at radius 3 is 2.60 bits per heavy atom. The van der Waals surface area contributed by atoms with Gasteiger partial charge in [0, 0.05) is 15.5 Å². The van der Waals surface area contributed by atoms with Crippen LogP contribution in [-0.4, -0.2) is 5.91 Å². The lowest BCUT2D eigenvalue weighted by Crippen LogP contribution is -2.10. The van der Waals surface area contributed by atoms with Gasteiger partial charge in [-0.25, -0.2) is 0 Å². The first-order valence-electron chi connectivity index (χ1n) is 5.86. The molecule has 0 saturated carbocycles. The highest BCUT2D eigenvalue weighted by Crippen LogP contribution is 2.24. The molecule has 1 amide bonds. The second-order valence-electron chi connectivity index (χ2n) is 4.30. The Kier molecular flexibility index (Phi) is 4.09. The van der Waals surface area contributed by atoms with Crippen molar-refractivity contribution in [1.82, 2.24) is 0 Å². The van der Waals surface area contributed by atoms with E-state index in [0.29, 0.717) is 5.56 Å². The van der Waals surface area contributed by atoms with E-state index in [1.165, 1.54) is 0 Å². The molecule has 0 fully saturated rings. The highest BCUT2D eigenvalue weighted by Gasteiger charge is 2.08. The minimum absolute atomic E-state index is 0.0689. The molecule has 0 spiro atoms. The quantitative estimate of drug-likeness (QED) is 0.504. The molecule has 0 bridgehead atoms. The lowest BCUT2D eigenvalue weighted by molar-refractivity contribution is 0.102. The number of halogens is 2. The van der Waals surface area contributed by atoms with Crippen LogP contribution in [0.25, 0.3) is 10.8 Å². The Balaban J connectivity index is 1.87. The molecule has 0 saturated heterocycles. The maximum absolute atomic E-state index is 12.1. The zero-order valence-electron chi connectivity index (χ0n) is 10.2. The molecule has 0 unspecified atom stereocenters. The predicted octanol–water partition coefficient (Wildman–Crippen LogP) is 5.52. The minimum Gasteiger partial charge on any atom is -0.322 e. The molecule has 1 heterocycles. The number of carbonyl (C=O) groups excluding carboxylic acids is 1. The average Bonchev–Trinajstić information content (AvgIpc) is 2.86. The van der Waals surface area contributed by atoms with Crippen LogP contribution in [0.3, 0.4) is 0 Å². The third-order valence-electron chi connectivity index (χ3n) is 2.89. The fraction of sp³-hybridized carbons (Fsp3) is 0. The SMILES string of the molecule is O=C(Nc1ccc2cc(Br)ccc2c1)c1csc(I)c1. The maximum Gasteiger partial charge on any atom is 0.256 e. The van der Waals surface area contributed by atoms with Gasteiger partial charge in [0.25, 0.3) is 5.91 Å². The molecule has 0 aliphatic heterocycles. The monoisotopic (exact) mass is 457 g/mol. The number of hydrogen-bond donors (Lipinski definition) is 1. The molecule has 5 heteroatoms. The number of anilines is 1. The lowest BCUT2D eigenvalue weighted by Gasteiger charge is -2.06. The van der Waals surface area contributed by atoms with E-state index >= 15 is 0 Å². The third kappa shape index (κ3) is 3.05. The van der Waals surface area contributed by atoms with Gasteiger partial charge in [0.2, 0.25) is 0 Å². The first-order valence-corrected chi connectivity index (χ1v) is 8.62. The highest BCUT2D eigenvalue weighted by atomic mass is 127. The summed E-state index contributed by atoms with van der Waals surface area (Å²) in [4.78, 5) is 12.1. The Hall–Kier alpha value is -0.920. The zero-order valence-corrected chi connectivity index (χ0v) is 14.8. The number of nitrogens with one attached hydrogen (secondary N) is 1. The van der Waals surface area contributed by atoms with E-state index in [1.807, 2.05) is 41.8 Å². The van der Waals surface area contributed by atoms with Crippen molar-refractivity contribution in [1.29, 1.82) is 0 Å². The fourth-order valence-electron chi connectivity index (χ4n) is 1.93. The van der Waals surface area contributed by atoms with Crippen LogP contribution in [0.15, 0.2) is 52.3 Å². The maximum atomic E-state index is 12.1. The van der Waals surface area contributed by atoms with E-state index in [4.69, 9.17) is 0 Å². The number of amides is 1. The van der Waals surface area contributed by atoms with Crippen LogP contribution in [-0.2, 0) is 0 Å². The molecule has 1 N–H and O–H groups in total. The number of benzene rings is 2.